The second kappa shape index (κ2) is 6.33. The number of carboxylic acids is 1. The molecule has 0 aromatic heterocycles. The number of benzene rings is 1. The molecule has 0 aliphatic rings. The van der Waals surface area contributed by atoms with Crippen LogP contribution >= 0.6 is 0 Å². The van der Waals surface area contributed by atoms with Crippen molar-refractivity contribution in [2.24, 2.45) is 5.41 Å². The first-order valence-corrected chi connectivity index (χ1v) is 6.26. The molecule has 0 unspecified atom stereocenters. The molecule has 6 heteroatoms. The molecule has 0 spiro atoms. The number of hydrogen-bond acceptors (Lipinski definition) is 3. The van der Waals surface area contributed by atoms with E-state index in [0.717, 1.165) is 12.1 Å². The summed E-state index contributed by atoms with van der Waals surface area (Å²) in [4.78, 5) is 11.3. The average molecular weight is 282 g/mol. The lowest BCUT2D eigenvalue weighted by Gasteiger charge is -2.27. The zero-order valence-electron chi connectivity index (χ0n) is 11.3. The molecule has 2 N–H and O–H groups in total. The predicted octanol–water partition coefficient (Wildman–Crippen LogP) is 3.14. The van der Waals surface area contributed by atoms with E-state index < -0.39 is 28.7 Å². The van der Waals surface area contributed by atoms with Gasteiger partial charge in [-0.25, -0.2) is 8.78 Å². The third-order valence-corrected chi connectivity index (χ3v) is 3.58. The van der Waals surface area contributed by atoms with Gasteiger partial charge >= 0.3 is 5.97 Å². The minimum atomic E-state index is -1.08. The lowest BCUT2D eigenvalue weighted by Crippen LogP contribution is -2.37. The van der Waals surface area contributed by atoms with Crippen molar-refractivity contribution >= 4 is 11.7 Å². The van der Waals surface area contributed by atoms with Gasteiger partial charge in [-0.05, 0) is 25.0 Å². The largest absolute Gasteiger partial charge is 0.481 e. The zero-order valence-corrected chi connectivity index (χ0v) is 11.3. The first-order valence-electron chi connectivity index (χ1n) is 6.26. The number of carbonyl (C=O) groups is 1. The molecular formula is C14H16F2N2O2. The van der Waals surface area contributed by atoms with Gasteiger partial charge in [0.1, 0.15) is 5.69 Å². The molecular weight excluding hydrogens is 266 g/mol. The Hall–Kier alpha value is -2.16. The average Bonchev–Trinajstić information content (AvgIpc) is 2.41. The molecule has 0 aliphatic carbocycles. The molecule has 1 aromatic rings. The van der Waals surface area contributed by atoms with Crippen molar-refractivity contribution in [1.29, 1.82) is 5.26 Å². The molecule has 108 valence electrons. The van der Waals surface area contributed by atoms with Crippen molar-refractivity contribution in [3.05, 3.63) is 29.3 Å². The van der Waals surface area contributed by atoms with Crippen LogP contribution in [0.5, 0.6) is 0 Å². The topological polar surface area (TPSA) is 73.1 Å². The van der Waals surface area contributed by atoms with Gasteiger partial charge in [-0.3, -0.25) is 4.79 Å². The van der Waals surface area contributed by atoms with Crippen molar-refractivity contribution in [3.8, 4) is 6.07 Å². The molecule has 0 heterocycles. The van der Waals surface area contributed by atoms with E-state index in [0.29, 0.717) is 12.8 Å². The monoisotopic (exact) mass is 282 g/mol. The molecule has 0 bridgehead atoms. The van der Waals surface area contributed by atoms with Crippen LogP contribution in [0.3, 0.4) is 0 Å². The van der Waals surface area contributed by atoms with Crippen molar-refractivity contribution in [2.45, 2.75) is 26.7 Å². The number of nitrogens with one attached hydrogen (secondary N) is 1. The summed E-state index contributed by atoms with van der Waals surface area (Å²) in [5.41, 5.74) is -1.61. The molecule has 0 saturated heterocycles. The molecule has 4 nitrogen and oxygen atoms in total. The molecule has 1 rings (SSSR count). The summed E-state index contributed by atoms with van der Waals surface area (Å²) in [6.07, 6.45) is 0.677. The van der Waals surface area contributed by atoms with Gasteiger partial charge in [-0.1, -0.05) is 13.8 Å². The Morgan fingerprint density at radius 1 is 1.35 bits per heavy atom. The van der Waals surface area contributed by atoms with Gasteiger partial charge in [0.15, 0.2) is 11.6 Å². The third-order valence-electron chi connectivity index (χ3n) is 3.58. The Morgan fingerprint density at radius 3 is 2.20 bits per heavy atom. The molecule has 20 heavy (non-hydrogen) atoms. The fourth-order valence-electron chi connectivity index (χ4n) is 1.94. The summed E-state index contributed by atoms with van der Waals surface area (Å²) < 4.78 is 27.4. The third kappa shape index (κ3) is 3.05. The minimum Gasteiger partial charge on any atom is -0.481 e. The van der Waals surface area contributed by atoms with Gasteiger partial charge in [0.2, 0.25) is 0 Å². The van der Waals surface area contributed by atoms with Crippen LogP contribution in [0.25, 0.3) is 0 Å². The van der Waals surface area contributed by atoms with Crippen molar-refractivity contribution in [1.82, 2.24) is 0 Å². The maximum atomic E-state index is 13.7. The lowest BCUT2D eigenvalue weighted by molar-refractivity contribution is -0.148. The highest BCUT2D eigenvalue weighted by Gasteiger charge is 2.35. The number of anilines is 1. The van der Waals surface area contributed by atoms with Gasteiger partial charge in [0, 0.05) is 6.54 Å². The van der Waals surface area contributed by atoms with Crippen LogP contribution in [-0.2, 0) is 4.79 Å². The number of hydrogen-bond donors (Lipinski definition) is 2. The Kier molecular flexibility index (Phi) is 5.03. The van der Waals surface area contributed by atoms with Gasteiger partial charge in [0.25, 0.3) is 0 Å². The van der Waals surface area contributed by atoms with E-state index in [9.17, 15) is 18.7 Å². The van der Waals surface area contributed by atoms with Crippen LogP contribution in [0.15, 0.2) is 12.1 Å². The number of nitriles is 1. The second-order valence-electron chi connectivity index (χ2n) is 4.57. The number of rotatable bonds is 6. The normalized spacial score (nSPS) is 10.9. The highest BCUT2D eigenvalue weighted by atomic mass is 19.1. The molecule has 0 atom stereocenters. The van der Waals surface area contributed by atoms with Crippen LogP contribution in [0.1, 0.15) is 32.3 Å². The van der Waals surface area contributed by atoms with Gasteiger partial charge < -0.3 is 10.4 Å². The maximum absolute atomic E-state index is 13.7. The predicted molar refractivity (Wildman–Crippen MR) is 70.2 cm³/mol. The first-order chi connectivity index (χ1) is 9.40. The smallest absolute Gasteiger partial charge is 0.311 e. The van der Waals surface area contributed by atoms with Crippen LogP contribution < -0.4 is 5.32 Å². The zero-order chi connectivity index (χ0) is 15.3. The van der Waals surface area contributed by atoms with E-state index >= 15 is 0 Å². The first kappa shape index (κ1) is 15.9. The Morgan fingerprint density at radius 2 is 1.85 bits per heavy atom. The van der Waals surface area contributed by atoms with Crippen molar-refractivity contribution in [3.63, 3.8) is 0 Å². The molecule has 0 saturated carbocycles. The van der Waals surface area contributed by atoms with Crippen LogP contribution in [-0.4, -0.2) is 17.6 Å². The Balaban J connectivity index is 3.01. The molecule has 0 fully saturated rings. The van der Waals surface area contributed by atoms with Gasteiger partial charge in [-0.15, -0.1) is 0 Å². The van der Waals surface area contributed by atoms with Crippen LogP contribution in [0.2, 0.25) is 0 Å². The standard InChI is InChI=1S/C14H16F2N2O2/c1-3-14(4-2,13(19)20)8-18-12-10(15)5-9(7-17)6-11(12)16/h5-6,18H,3-4,8H2,1-2H3,(H,19,20). The van der Waals surface area contributed by atoms with Crippen molar-refractivity contribution in [2.75, 3.05) is 11.9 Å². The summed E-state index contributed by atoms with van der Waals surface area (Å²) in [5, 5.41) is 20.4. The maximum Gasteiger partial charge on any atom is 0.311 e. The summed E-state index contributed by atoms with van der Waals surface area (Å²) in [6.45, 7) is 3.34. The summed E-state index contributed by atoms with van der Waals surface area (Å²) in [6, 6.07) is 3.46. The Bertz CT molecular complexity index is 526. The highest BCUT2D eigenvalue weighted by molar-refractivity contribution is 5.75. The number of carboxylic acid groups (broad SMARTS) is 1. The molecule has 1 aromatic carbocycles. The SMILES string of the molecule is CCC(CC)(CNc1c(F)cc(C#N)cc1F)C(=O)O. The minimum absolute atomic E-state index is 0.0882. The van der Waals surface area contributed by atoms with Gasteiger partial charge in [-0.2, -0.15) is 5.26 Å². The summed E-state index contributed by atoms with van der Waals surface area (Å²) >= 11 is 0. The summed E-state index contributed by atoms with van der Waals surface area (Å²) in [7, 11) is 0. The number of halogens is 2. The fourth-order valence-corrected chi connectivity index (χ4v) is 1.94. The van der Waals surface area contributed by atoms with E-state index in [1.165, 1.54) is 0 Å². The molecule has 0 aliphatic heterocycles. The van der Waals surface area contributed by atoms with Gasteiger partial charge in [0.05, 0.1) is 17.0 Å². The molecule has 0 radical (unpaired) electrons. The lowest BCUT2D eigenvalue weighted by atomic mass is 9.82. The quantitative estimate of drug-likeness (QED) is 0.840. The number of nitrogens with zero attached hydrogens (tertiary/aromatic N) is 1. The van der Waals surface area contributed by atoms with E-state index in [4.69, 9.17) is 5.26 Å². The van der Waals surface area contributed by atoms with E-state index in [-0.39, 0.29) is 12.1 Å². The number of aliphatic carboxylic acids is 1. The fraction of sp³-hybridized carbons (Fsp3) is 0.429. The molecule has 0 amide bonds. The second-order valence-corrected chi connectivity index (χ2v) is 4.57. The van der Waals surface area contributed by atoms with Crippen LogP contribution in [0, 0.1) is 28.4 Å². The van der Waals surface area contributed by atoms with E-state index in [1.807, 2.05) is 0 Å². The summed E-state index contributed by atoms with van der Waals surface area (Å²) in [5.74, 6) is -2.83. The van der Waals surface area contributed by atoms with E-state index in [2.05, 4.69) is 5.32 Å². The van der Waals surface area contributed by atoms with Crippen molar-refractivity contribution < 1.29 is 18.7 Å². The van der Waals surface area contributed by atoms with E-state index in [1.54, 1.807) is 19.9 Å². The van der Waals surface area contributed by atoms with Crippen LogP contribution in [0.4, 0.5) is 14.5 Å². The highest BCUT2D eigenvalue weighted by Crippen LogP contribution is 2.29. The Labute approximate surface area is 116 Å².